The summed E-state index contributed by atoms with van der Waals surface area (Å²) in [5.41, 5.74) is -0.185. The molecule has 0 aromatic carbocycles. The van der Waals surface area contributed by atoms with Crippen molar-refractivity contribution in [1.82, 2.24) is 15.5 Å². The Kier molecular flexibility index (Phi) is 5.70. The number of hydrogen-bond donors (Lipinski definition) is 2. The SMILES string of the molecule is CC(C)(C)NC(=O)CN1CCC(CNC(=O)[C@H]2C[C@@H]2c2ccco2)CC1. The Labute approximate surface area is 155 Å². The van der Waals surface area contributed by atoms with Crippen molar-refractivity contribution in [1.29, 1.82) is 0 Å². The van der Waals surface area contributed by atoms with Gasteiger partial charge < -0.3 is 15.1 Å². The van der Waals surface area contributed by atoms with Crippen molar-refractivity contribution in [3.05, 3.63) is 24.2 Å². The molecule has 26 heavy (non-hydrogen) atoms. The zero-order chi connectivity index (χ0) is 18.7. The molecule has 3 rings (SSSR count). The quantitative estimate of drug-likeness (QED) is 0.814. The molecule has 6 heteroatoms. The van der Waals surface area contributed by atoms with E-state index in [-0.39, 0.29) is 29.2 Å². The van der Waals surface area contributed by atoms with Gasteiger partial charge >= 0.3 is 0 Å². The van der Waals surface area contributed by atoms with E-state index in [0.29, 0.717) is 12.5 Å². The Morgan fingerprint density at radius 3 is 2.62 bits per heavy atom. The van der Waals surface area contributed by atoms with E-state index in [2.05, 4.69) is 15.5 Å². The van der Waals surface area contributed by atoms with E-state index in [1.807, 2.05) is 32.9 Å². The normalized spacial score (nSPS) is 24.3. The van der Waals surface area contributed by atoms with E-state index in [0.717, 1.165) is 44.7 Å². The highest BCUT2D eigenvalue weighted by atomic mass is 16.3. The van der Waals surface area contributed by atoms with Crippen LogP contribution in [0.5, 0.6) is 0 Å². The molecule has 2 aliphatic rings. The summed E-state index contributed by atoms with van der Waals surface area (Å²) >= 11 is 0. The fraction of sp³-hybridized carbons (Fsp3) is 0.700. The lowest BCUT2D eigenvalue weighted by molar-refractivity contribution is -0.124. The van der Waals surface area contributed by atoms with Crippen LogP contribution in [0.4, 0.5) is 0 Å². The van der Waals surface area contributed by atoms with E-state index < -0.39 is 0 Å². The van der Waals surface area contributed by atoms with Gasteiger partial charge in [0.1, 0.15) is 5.76 Å². The van der Waals surface area contributed by atoms with E-state index >= 15 is 0 Å². The summed E-state index contributed by atoms with van der Waals surface area (Å²) in [5.74, 6) is 1.99. The first-order chi connectivity index (χ1) is 12.3. The molecule has 0 radical (unpaired) electrons. The van der Waals surface area contributed by atoms with Gasteiger partial charge in [-0.05, 0) is 71.2 Å². The van der Waals surface area contributed by atoms with Gasteiger partial charge in [0.2, 0.25) is 11.8 Å². The number of carbonyl (C=O) groups is 2. The van der Waals surface area contributed by atoms with Gasteiger partial charge in [-0.25, -0.2) is 0 Å². The molecule has 1 aromatic heterocycles. The molecule has 1 aromatic rings. The first kappa shape index (κ1) is 19.0. The number of furan rings is 1. The summed E-state index contributed by atoms with van der Waals surface area (Å²) in [4.78, 5) is 26.5. The average molecular weight is 361 g/mol. The highest BCUT2D eigenvalue weighted by Crippen LogP contribution is 2.47. The van der Waals surface area contributed by atoms with E-state index in [9.17, 15) is 9.59 Å². The predicted octanol–water partition coefficient (Wildman–Crippen LogP) is 2.13. The largest absolute Gasteiger partial charge is 0.469 e. The highest BCUT2D eigenvalue weighted by Gasteiger charge is 2.45. The van der Waals surface area contributed by atoms with Crippen LogP contribution in [0.3, 0.4) is 0 Å². The fourth-order valence-corrected chi connectivity index (χ4v) is 3.69. The van der Waals surface area contributed by atoms with Crippen LogP contribution in [-0.4, -0.2) is 48.4 Å². The van der Waals surface area contributed by atoms with Gasteiger partial charge in [-0.1, -0.05) is 0 Å². The van der Waals surface area contributed by atoms with Crippen molar-refractivity contribution >= 4 is 11.8 Å². The molecule has 2 heterocycles. The number of hydrogen-bond acceptors (Lipinski definition) is 4. The van der Waals surface area contributed by atoms with Crippen LogP contribution in [0, 0.1) is 11.8 Å². The standard InChI is InChI=1S/C20H31N3O3/c1-20(2,3)22-18(24)13-23-8-6-14(7-9-23)12-21-19(25)16-11-15(16)17-5-4-10-26-17/h4-5,10,14-16H,6-9,11-13H2,1-3H3,(H,21,25)(H,22,24)/t15-,16-/m0/s1. The molecule has 2 atom stereocenters. The van der Waals surface area contributed by atoms with Crippen LogP contribution < -0.4 is 10.6 Å². The van der Waals surface area contributed by atoms with Gasteiger partial charge in [0.25, 0.3) is 0 Å². The number of likely N-dealkylation sites (tertiary alicyclic amines) is 1. The summed E-state index contributed by atoms with van der Waals surface area (Å²) in [7, 11) is 0. The topological polar surface area (TPSA) is 74.6 Å². The number of rotatable bonds is 6. The van der Waals surface area contributed by atoms with Crippen molar-refractivity contribution in [3.63, 3.8) is 0 Å². The maximum absolute atomic E-state index is 12.3. The second kappa shape index (κ2) is 7.82. The number of nitrogens with zero attached hydrogens (tertiary/aromatic N) is 1. The Hall–Kier alpha value is -1.82. The average Bonchev–Trinajstić information content (AvgIpc) is 3.17. The zero-order valence-corrected chi connectivity index (χ0v) is 16.1. The van der Waals surface area contributed by atoms with Crippen molar-refractivity contribution < 1.29 is 14.0 Å². The van der Waals surface area contributed by atoms with Crippen LogP contribution >= 0.6 is 0 Å². The summed E-state index contributed by atoms with van der Waals surface area (Å²) in [6, 6.07) is 3.82. The van der Waals surface area contributed by atoms with Crippen LogP contribution in [-0.2, 0) is 9.59 Å². The number of amides is 2. The molecule has 1 aliphatic heterocycles. The molecule has 1 saturated carbocycles. The minimum absolute atomic E-state index is 0.0716. The van der Waals surface area contributed by atoms with Crippen LogP contribution in [0.15, 0.2) is 22.8 Å². The van der Waals surface area contributed by atoms with Gasteiger partial charge in [-0.2, -0.15) is 0 Å². The molecule has 6 nitrogen and oxygen atoms in total. The van der Waals surface area contributed by atoms with Gasteiger partial charge in [-0.3, -0.25) is 14.5 Å². The Balaban J connectivity index is 1.32. The molecule has 144 valence electrons. The highest BCUT2D eigenvalue weighted by molar-refractivity contribution is 5.82. The second-order valence-corrected chi connectivity index (χ2v) is 8.73. The summed E-state index contributed by atoms with van der Waals surface area (Å²) in [5, 5.41) is 6.12. The van der Waals surface area contributed by atoms with E-state index in [1.165, 1.54) is 0 Å². The Morgan fingerprint density at radius 2 is 2.00 bits per heavy atom. The molecule has 2 amide bonds. The van der Waals surface area contributed by atoms with Crippen LogP contribution in [0.25, 0.3) is 0 Å². The van der Waals surface area contributed by atoms with Crippen molar-refractivity contribution in [2.24, 2.45) is 11.8 Å². The third-order valence-corrected chi connectivity index (χ3v) is 5.19. The van der Waals surface area contributed by atoms with Gasteiger partial charge in [0.05, 0.1) is 12.8 Å². The smallest absolute Gasteiger partial charge is 0.234 e. The van der Waals surface area contributed by atoms with Crippen LogP contribution in [0.1, 0.15) is 51.7 Å². The zero-order valence-electron chi connectivity index (χ0n) is 16.1. The first-order valence-corrected chi connectivity index (χ1v) is 9.66. The lowest BCUT2D eigenvalue weighted by Crippen LogP contribution is -2.48. The molecule has 0 bridgehead atoms. The molecule has 2 fully saturated rings. The third kappa shape index (κ3) is 5.34. The minimum atomic E-state index is -0.185. The van der Waals surface area contributed by atoms with Crippen molar-refractivity contribution in [3.8, 4) is 0 Å². The number of piperidine rings is 1. The molecule has 1 saturated heterocycles. The lowest BCUT2D eigenvalue weighted by Gasteiger charge is -2.32. The third-order valence-electron chi connectivity index (χ3n) is 5.19. The van der Waals surface area contributed by atoms with Gasteiger partial charge in [-0.15, -0.1) is 0 Å². The Bertz CT molecular complexity index is 613. The molecule has 1 aliphatic carbocycles. The molecule has 0 unspecified atom stereocenters. The number of carbonyl (C=O) groups excluding carboxylic acids is 2. The molecule has 0 spiro atoms. The molecular weight excluding hydrogens is 330 g/mol. The van der Waals surface area contributed by atoms with Crippen molar-refractivity contribution in [2.75, 3.05) is 26.2 Å². The monoisotopic (exact) mass is 361 g/mol. The molecule has 2 N–H and O–H groups in total. The summed E-state index contributed by atoms with van der Waals surface area (Å²) < 4.78 is 5.39. The maximum atomic E-state index is 12.3. The number of nitrogens with one attached hydrogen (secondary N) is 2. The van der Waals surface area contributed by atoms with Crippen molar-refractivity contribution in [2.45, 2.75) is 51.5 Å². The first-order valence-electron chi connectivity index (χ1n) is 9.66. The van der Waals surface area contributed by atoms with Crippen LogP contribution in [0.2, 0.25) is 0 Å². The minimum Gasteiger partial charge on any atom is -0.469 e. The van der Waals surface area contributed by atoms with Gasteiger partial charge in [0, 0.05) is 23.9 Å². The second-order valence-electron chi connectivity index (χ2n) is 8.73. The predicted molar refractivity (Wildman–Crippen MR) is 99.6 cm³/mol. The summed E-state index contributed by atoms with van der Waals surface area (Å²) in [6.45, 7) is 9.01. The van der Waals surface area contributed by atoms with E-state index in [4.69, 9.17) is 4.42 Å². The van der Waals surface area contributed by atoms with E-state index in [1.54, 1.807) is 6.26 Å². The fourth-order valence-electron chi connectivity index (χ4n) is 3.69. The van der Waals surface area contributed by atoms with Gasteiger partial charge in [0.15, 0.2) is 0 Å². The maximum Gasteiger partial charge on any atom is 0.234 e. The summed E-state index contributed by atoms with van der Waals surface area (Å²) in [6.07, 6.45) is 4.60. The Morgan fingerprint density at radius 1 is 1.27 bits per heavy atom. The lowest BCUT2D eigenvalue weighted by atomic mass is 9.96. The molecular formula is C20H31N3O3.